The molecule has 4 nitrogen and oxygen atoms in total. The predicted octanol–water partition coefficient (Wildman–Crippen LogP) is 5.05. The van der Waals surface area contributed by atoms with Crippen LogP contribution in [0.25, 0.3) is 0 Å². The number of halogens is 4. The lowest BCUT2D eigenvalue weighted by Gasteiger charge is -2.36. The second-order valence-electron chi connectivity index (χ2n) is 6.49. The van der Waals surface area contributed by atoms with Crippen molar-refractivity contribution in [3.8, 4) is 12.1 Å². The van der Waals surface area contributed by atoms with E-state index in [0.717, 1.165) is 12.1 Å². The van der Waals surface area contributed by atoms with Gasteiger partial charge in [-0.2, -0.15) is 10.5 Å². The molecule has 1 heterocycles. The average Bonchev–Trinajstić information content (AvgIpc) is 2.65. The quantitative estimate of drug-likeness (QED) is 0.690. The normalized spacial score (nSPS) is 16.3. The number of nitrogens with zero attached hydrogens (tertiary/aromatic N) is 3. The molecule has 0 saturated carbocycles. The van der Waals surface area contributed by atoms with Crippen molar-refractivity contribution < 1.29 is 22.3 Å². The molecule has 144 valence electrons. The highest BCUT2D eigenvalue weighted by Gasteiger charge is 2.34. The summed E-state index contributed by atoms with van der Waals surface area (Å²) < 4.78 is 61.3. The van der Waals surface area contributed by atoms with E-state index in [2.05, 4.69) is 0 Å². The first kappa shape index (κ1) is 19.7. The van der Waals surface area contributed by atoms with Gasteiger partial charge in [0.1, 0.15) is 23.5 Å². The van der Waals surface area contributed by atoms with Gasteiger partial charge >= 0.3 is 0 Å². The minimum atomic E-state index is -3.46. The van der Waals surface area contributed by atoms with Crippen LogP contribution in [0.2, 0.25) is 0 Å². The van der Waals surface area contributed by atoms with Crippen LogP contribution in [-0.2, 0) is 10.7 Å². The Balaban J connectivity index is 2.27. The summed E-state index contributed by atoms with van der Waals surface area (Å²) in [6.45, 7) is 0.768. The van der Waals surface area contributed by atoms with Crippen molar-refractivity contribution in [1.82, 2.24) is 0 Å². The molecule has 0 fully saturated rings. The molecule has 0 bridgehead atoms. The van der Waals surface area contributed by atoms with Gasteiger partial charge in [0, 0.05) is 26.1 Å². The van der Waals surface area contributed by atoms with Crippen LogP contribution < -0.4 is 4.90 Å². The van der Waals surface area contributed by atoms with Crippen LogP contribution >= 0.6 is 0 Å². The molecule has 2 aromatic rings. The van der Waals surface area contributed by atoms with Gasteiger partial charge < -0.3 is 9.64 Å². The Bertz CT molecular complexity index is 1020. The van der Waals surface area contributed by atoms with Crippen LogP contribution in [0.3, 0.4) is 0 Å². The largest absolute Gasteiger partial charge is 0.377 e. The summed E-state index contributed by atoms with van der Waals surface area (Å²) in [5.41, 5.74) is -0.792. The molecule has 0 aliphatic carbocycles. The lowest BCUT2D eigenvalue weighted by Crippen LogP contribution is -2.30. The van der Waals surface area contributed by atoms with Crippen LogP contribution in [0.5, 0.6) is 0 Å². The molecule has 1 aliphatic heterocycles. The fraction of sp³-hybridized carbons (Fsp3) is 0.300. The van der Waals surface area contributed by atoms with Gasteiger partial charge in [-0.25, -0.2) is 17.6 Å². The first-order valence-corrected chi connectivity index (χ1v) is 8.37. The smallest absolute Gasteiger partial charge is 0.273 e. The Hall–Kier alpha value is -3.10. The van der Waals surface area contributed by atoms with Crippen molar-refractivity contribution in [3.63, 3.8) is 0 Å². The summed E-state index contributed by atoms with van der Waals surface area (Å²) >= 11 is 0. The van der Waals surface area contributed by atoms with Gasteiger partial charge in [0.25, 0.3) is 5.92 Å². The highest BCUT2D eigenvalue weighted by Crippen LogP contribution is 2.44. The summed E-state index contributed by atoms with van der Waals surface area (Å²) in [5, 5.41) is 18.9. The number of nitriles is 2. The van der Waals surface area contributed by atoms with E-state index >= 15 is 0 Å². The molecular formula is C20H15F4N3O. The van der Waals surface area contributed by atoms with Gasteiger partial charge in [-0.15, -0.1) is 0 Å². The third-order valence-corrected chi connectivity index (χ3v) is 4.74. The second kappa shape index (κ2) is 7.14. The molecule has 1 aliphatic rings. The number of benzene rings is 2. The maximum atomic E-state index is 14.7. The molecule has 0 radical (unpaired) electrons. The van der Waals surface area contributed by atoms with Gasteiger partial charge in [-0.1, -0.05) is 0 Å². The minimum Gasteiger partial charge on any atom is -0.377 e. The number of fused-ring (bicyclic) bond motifs is 1. The van der Waals surface area contributed by atoms with E-state index in [4.69, 9.17) is 4.74 Å². The van der Waals surface area contributed by atoms with Gasteiger partial charge in [0.2, 0.25) is 0 Å². The van der Waals surface area contributed by atoms with Crippen molar-refractivity contribution in [1.29, 1.82) is 10.5 Å². The molecule has 0 amide bonds. The number of ether oxygens (including phenoxy) is 1. The highest BCUT2D eigenvalue weighted by molar-refractivity contribution is 5.78. The summed E-state index contributed by atoms with van der Waals surface area (Å²) in [7, 11) is 1.44. The maximum absolute atomic E-state index is 14.7. The Morgan fingerprint density at radius 2 is 1.89 bits per heavy atom. The van der Waals surface area contributed by atoms with E-state index in [1.807, 2.05) is 6.07 Å². The van der Waals surface area contributed by atoms with Crippen LogP contribution in [-0.4, -0.2) is 13.7 Å². The predicted molar refractivity (Wildman–Crippen MR) is 93.2 cm³/mol. The number of anilines is 2. The molecule has 3 rings (SSSR count). The maximum Gasteiger partial charge on any atom is 0.273 e. The number of methoxy groups -OCH3 is 1. The zero-order chi connectivity index (χ0) is 20.6. The van der Waals surface area contributed by atoms with Gasteiger partial charge in [-0.3, -0.25) is 0 Å². The summed E-state index contributed by atoms with van der Waals surface area (Å²) in [5.74, 6) is -5.41. The Kier molecular flexibility index (Phi) is 5.01. The molecule has 1 atom stereocenters. The zero-order valence-corrected chi connectivity index (χ0v) is 15.1. The van der Waals surface area contributed by atoms with Crippen molar-refractivity contribution in [3.05, 3.63) is 58.2 Å². The summed E-state index contributed by atoms with van der Waals surface area (Å²) in [4.78, 5) is 1.47. The topological polar surface area (TPSA) is 60.0 Å². The summed E-state index contributed by atoms with van der Waals surface area (Å²) in [6, 6.07) is 7.92. The molecule has 0 aromatic heterocycles. The van der Waals surface area contributed by atoms with Crippen molar-refractivity contribution in [2.75, 3.05) is 18.6 Å². The molecule has 8 heteroatoms. The van der Waals surface area contributed by atoms with Crippen molar-refractivity contribution >= 4 is 11.4 Å². The number of hydrogen-bond acceptors (Lipinski definition) is 4. The number of rotatable bonds is 3. The van der Waals surface area contributed by atoms with E-state index in [-0.39, 0.29) is 23.5 Å². The molecule has 0 saturated heterocycles. The van der Waals surface area contributed by atoms with Crippen molar-refractivity contribution in [2.24, 2.45) is 0 Å². The standard InChI is InChI=1S/C20H15F4N3O/c1-20(23,24)15-3-4-16(14(10-26)18(15)22)27-6-5-17(28-2)13-8-12(21)7-11(9-25)19(13)27/h3-4,7-8,17H,5-6H2,1-2H3. The van der Waals surface area contributed by atoms with Crippen LogP contribution in [0.15, 0.2) is 24.3 Å². The fourth-order valence-corrected chi connectivity index (χ4v) is 3.49. The lowest BCUT2D eigenvalue weighted by molar-refractivity contribution is 0.0137. The minimum absolute atomic E-state index is 0.0223. The van der Waals surface area contributed by atoms with Crippen molar-refractivity contribution in [2.45, 2.75) is 25.4 Å². The van der Waals surface area contributed by atoms with E-state index in [1.54, 1.807) is 6.07 Å². The number of hydrogen-bond donors (Lipinski definition) is 0. The van der Waals surface area contributed by atoms with E-state index < -0.39 is 34.8 Å². The summed E-state index contributed by atoms with van der Waals surface area (Å²) in [6.07, 6.45) is -0.126. The van der Waals surface area contributed by atoms with Gasteiger partial charge in [0.05, 0.1) is 28.6 Å². The first-order chi connectivity index (χ1) is 13.2. The Labute approximate surface area is 159 Å². The molecule has 1 unspecified atom stereocenters. The third-order valence-electron chi connectivity index (χ3n) is 4.74. The van der Waals surface area contributed by atoms with Gasteiger partial charge in [0.15, 0.2) is 5.82 Å². The molecular weight excluding hydrogens is 374 g/mol. The van der Waals surface area contributed by atoms with E-state index in [9.17, 15) is 28.1 Å². The van der Waals surface area contributed by atoms with Crippen LogP contribution in [0, 0.1) is 34.3 Å². The Morgan fingerprint density at radius 1 is 1.18 bits per heavy atom. The third kappa shape index (κ3) is 3.17. The Morgan fingerprint density at radius 3 is 2.46 bits per heavy atom. The first-order valence-electron chi connectivity index (χ1n) is 8.37. The SMILES string of the molecule is COC1CCN(c2ccc(C(C)(F)F)c(F)c2C#N)c2c(C#N)cc(F)cc21. The van der Waals surface area contributed by atoms with Crippen LogP contribution in [0.1, 0.15) is 41.7 Å². The fourth-order valence-electron chi connectivity index (χ4n) is 3.49. The highest BCUT2D eigenvalue weighted by atomic mass is 19.3. The monoisotopic (exact) mass is 389 g/mol. The molecule has 28 heavy (non-hydrogen) atoms. The number of alkyl halides is 2. The van der Waals surface area contributed by atoms with E-state index in [0.29, 0.717) is 18.9 Å². The van der Waals surface area contributed by atoms with E-state index in [1.165, 1.54) is 24.1 Å². The van der Waals surface area contributed by atoms with Crippen LogP contribution in [0.4, 0.5) is 28.9 Å². The molecule has 0 N–H and O–H groups in total. The molecule has 0 spiro atoms. The van der Waals surface area contributed by atoms with Gasteiger partial charge in [-0.05, 0) is 30.7 Å². The lowest BCUT2D eigenvalue weighted by atomic mass is 9.93. The zero-order valence-electron chi connectivity index (χ0n) is 15.1. The average molecular weight is 389 g/mol. The second-order valence-corrected chi connectivity index (χ2v) is 6.49. The molecule has 2 aromatic carbocycles.